The molecule has 0 radical (unpaired) electrons. The molecule has 0 saturated heterocycles. The number of anilines is 1. The highest BCUT2D eigenvalue weighted by Gasteiger charge is 2.11. The molecule has 0 aliphatic carbocycles. The van der Waals surface area contributed by atoms with E-state index in [1.54, 1.807) is 7.11 Å². The van der Waals surface area contributed by atoms with Gasteiger partial charge in [-0.05, 0) is 32.0 Å². The molecule has 4 nitrogen and oxygen atoms in total. The van der Waals surface area contributed by atoms with Crippen LogP contribution in [0.5, 0.6) is 5.75 Å². The maximum atomic E-state index is 5.60. The zero-order chi connectivity index (χ0) is 13.7. The first-order chi connectivity index (χ1) is 9.31. The van der Waals surface area contributed by atoms with Crippen LogP contribution in [0.2, 0.25) is 0 Å². The van der Waals surface area contributed by atoms with Crippen molar-refractivity contribution in [2.24, 2.45) is 5.73 Å². The van der Waals surface area contributed by atoms with Crippen LogP contribution >= 0.6 is 0 Å². The Kier molecular flexibility index (Phi) is 4.58. The van der Waals surface area contributed by atoms with Gasteiger partial charge in [-0.1, -0.05) is 12.1 Å². The third-order valence-corrected chi connectivity index (χ3v) is 3.28. The second-order valence-electron chi connectivity index (χ2n) is 4.41. The molecule has 2 N–H and O–H groups in total. The highest BCUT2D eigenvalue weighted by Crippen LogP contribution is 2.30. The van der Waals surface area contributed by atoms with Gasteiger partial charge in [-0.25, -0.2) is 4.98 Å². The molecule has 1 aromatic heterocycles. The van der Waals surface area contributed by atoms with Crippen LogP contribution in [0.15, 0.2) is 30.5 Å². The van der Waals surface area contributed by atoms with Crippen molar-refractivity contribution in [2.75, 3.05) is 31.6 Å². The van der Waals surface area contributed by atoms with Gasteiger partial charge in [0.1, 0.15) is 11.6 Å². The molecular weight excluding hydrogens is 238 g/mol. The highest BCUT2D eigenvalue weighted by atomic mass is 16.5. The van der Waals surface area contributed by atoms with Gasteiger partial charge in [-0.15, -0.1) is 0 Å². The van der Waals surface area contributed by atoms with Crippen molar-refractivity contribution in [1.29, 1.82) is 0 Å². The van der Waals surface area contributed by atoms with E-state index >= 15 is 0 Å². The molecule has 1 aromatic carbocycles. The zero-order valence-corrected chi connectivity index (χ0v) is 11.6. The van der Waals surface area contributed by atoms with Crippen LogP contribution < -0.4 is 15.4 Å². The molecule has 0 saturated carbocycles. The third-order valence-electron chi connectivity index (χ3n) is 3.28. The first kappa shape index (κ1) is 13.6. The van der Waals surface area contributed by atoms with Crippen LogP contribution in [0.1, 0.15) is 13.3 Å². The quantitative estimate of drug-likeness (QED) is 0.865. The molecule has 0 aliphatic heterocycles. The monoisotopic (exact) mass is 259 g/mol. The number of nitrogens with two attached hydrogens (primary N) is 1. The summed E-state index contributed by atoms with van der Waals surface area (Å²) in [5.41, 5.74) is 5.60. The molecule has 102 valence electrons. The van der Waals surface area contributed by atoms with Gasteiger partial charge in [0, 0.05) is 30.1 Å². The van der Waals surface area contributed by atoms with Crippen LogP contribution in [-0.4, -0.2) is 31.7 Å². The molecule has 0 unspecified atom stereocenters. The van der Waals surface area contributed by atoms with E-state index in [1.165, 1.54) is 0 Å². The Morgan fingerprint density at radius 3 is 2.79 bits per heavy atom. The summed E-state index contributed by atoms with van der Waals surface area (Å²) in [5.74, 6) is 1.89. The van der Waals surface area contributed by atoms with Crippen LogP contribution in [-0.2, 0) is 0 Å². The molecule has 19 heavy (non-hydrogen) atoms. The number of fused-ring (bicyclic) bond motifs is 1. The summed E-state index contributed by atoms with van der Waals surface area (Å²) < 4.78 is 5.41. The van der Waals surface area contributed by atoms with Crippen LogP contribution in [0.4, 0.5) is 5.82 Å². The number of hydrogen-bond acceptors (Lipinski definition) is 4. The van der Waals surface area contributed by atoms with Gasteiger partial charge in [0.2, 0.25) is 0 Å². The van der Waals surface area contributed by atoms with E-state index in [4.69, 9.17) is 10.5 Å². The van der Waals surface area contributed by atoms with Crippen molar-refractivity contribution in [2.45, 2.75) is 13.3 Å². The van der Waals surface area contributed by atoms with Gasteiger partial charge in [-0.3, -0.25) is 0 Å². The maximum absolute atomic E-state index is 5.60. The van der Waals surface area contributed by atoms with Crippen molar-refractivity contribution in [1.82, 2.24) is 4.98 Å². The van der Waals surface area contributed by atoms with E-state index in [-0.39, 0.29) is 0 Å². The molecule has 0 atom stereocenters. The SMILES string of the molecule is CCN(CCCN)c1nccc2c(OC)cccc12. The minimum Gasteiger partial charge on any atom is -0.496 e. The number of aromatic nitrogens is 1. The Morgan fingerprint density at radius 1 is 1.26 bits per heavy atom. The van der Waals surface area contributed by atoms with E-state index < -0.39 is 0 Å². The molecule has 0 fully saturated rings. The summed E-state index contributed by atoms with van der Waals surface area (Å²) >= 11 is 0. The number of hydrogen-bond donors (Lipinski definition) is 1. The fraction of sp³-hybridized carbons (Fsp3) is 0.400. The van der Waals surface area contributed by atoms with E-state index in [2.05, 4.69) is 22.9 Å². The number of methoxy groups -OCH3 is 1. The van der Waals surface area contributed by atoms with Gasteiger partial charge < -0.3 is 15.4 Å². The Bertz CT molecular complexity index is 542. The number of rotatable bonds is 6. The van der Waals surface area contributed by atoms with E-state index in [9.17, 15) is 0 Å². The van der Waals surface area contributed by atoms with E-state index in [0.717, 1.165) is 41.9 Å². The lowest BCUT2D eigenvalue weighted by molar-refractivity contribution is 0.420. The Labute approximate surface area is 114 Å². The normalized spacial score (nSPS) is 10.7. The fourth-order valence-electron chi connectivity index (χ4n) is 2.29. The molecule has 0 aliphatic rings. The Hall–Kier alpha value is -1.81. The minimum absolute atomic E-state index is 0.699. The largest absolute Gasteiger partial charge is 0.496 e. The van der Waals surface area contributed by atoms with Crippen LogP contribution in [0, 0.1) is 0 Å². The van der Waals surface area contributed by atoms with Gasteiger partial charge in [0.15, 0.2) is 0 Å². The zero-order valence-electron chi connectivity index (χ0n) is 11.6. The van der Waals surface area contributed by atoms with Gasteiger partial charge >= 0.3 is 0 Å². The average molecular weight is 259 g/mol. The lowest BCUT2D eigenvalue weighted by atomic mass is 10.1. The predicted molar refractivity (Wildman–Crippen MR) is 79.9 cm³/mol. The lowest BCUT2D eigenvalue weighted by Crippen LogP contribution is -2.26. The van der Waals surface area contributed by atoms with Gasteiger partial charge in [0.05, 0.1) is 7.11 Å². The molecule has 0 bridgehead atoms. The number of ether oxygens (including phenoxy) is 1. The molecule has 2 rings (SSSR count). The van der Waals surface area contributed by atoms with Gasteiger partial charge in [0.25, 0.3) is 0 Å². The predicted octanol–water partition coefficient (Wildman–Crippen LogP) is 2.42. The second-order valence-corrected chi connectivity index (χ2v) is 4.41. The average Bonchev–Trinajstić information content (AvgIpc) is 2.47. The lowest BCUT2D eigenvalue weighted by Gasteiger charge is -2.23. The minimum atomic E-state index is 0.699. The summed E-state index contributed by atoms with van der Waals surface area (Å²) in [5, 5.41) is 2.22. The van der Waals surface area contributed by atoms with E-state index in [0.29, 0.717) is 6.54 Å². The summed E-state index contributed by atoms with van der Waals surface area (Å²) in [6.07, 6.45) is 2.81. The van der Waals surface area contributed by atoms with Crippen molar-refractivity contribution >= 4 is 16.6 Å². The summed E-state index contributed by atoms with van der Waals surface area (Å²) in [6, 6.07) is 8.06. The number of benzene rings is 1. The number of nitrogens with zero attached hydrogens (tertiary/aromatic N) is 2. The van der Waals surface area contributed by atoms with Crippen LogP contribution in [0.25, 0.3) is 10.8 Å². The standard InChI is InChI=1S/C15H21N3O/c1-3-18(11-5-9-16)15-13-6-4-7-14(19-2)12(13)8-10-17-15/h4,6-8,10H,3,5,9,11,16H2,1-2H3. The van der Waals surface area contributed by atoms with Gasteiger partial charge in [-0.2, -0.15) is 0 Å². The van der Waals surface area contributed by atoms with E-state index in [1.807, 2.05) is 24.4 Å². The smallest absolute Gasteiger partial charge is 0.136 e. The van der Waals surface area contributed by atoms with Crippen molar-refractivity contribution in [3.63, 3.8) is 0 Å². The maximum Gasteiger partial charge on any atom is 0.136 e. The Morgan fingerprint density at radius 2 is 2.11 bits per heavy atom. The molecule has 2 aromatic rings. The topological polar surface area (TPSA) is 51.4 Å². The fourth-order valence-corrected chi connectivity index (χ4v) is 2.29. The third kappa shape index (κ3) is 2.79. The second kappa shape index (κ2) is 6.38. The summed E-state index contributed by atoms with van der Waals surface area (Å²) in [4.78, 5) is 6.79. The van der Waals surface area contributed by atoms with Crippen molar-refractivity contribution in [3.05, 3.63) is 30.5 Å². The van der Waals surface area contributed by atoms with Crippen LogP contribution in [0.3, 0.4) is 0 Å². The highest BCUT2D eigenvalue weighted by molar-refractivity contribution is 5.96. The van der Waals surface area contributed by atoms with Crippen molar-refractivity contribution in [3.8, 4) is 5.75 Å². The molecule has 0 amide bonds. The first-order valence-corrected chi connectivity index (χ1v) is 6.68. The Balaban J connectivity index is 2.47. The summed E-state index contributed by atoms with van der Waals surface area (Å²) in [6.45, 7) is 4.68. The molecule has 0 spiro atoms. The molecule has 4 heteroatoms. The molecule has 1 heterocycles. The first-order valence-electron chi connectivity index (χ1n) is 6.68. The number of pyridine rings is 1. The van der Waals surface area contributed by atoms with Crippen molar-refractivity contribution < 1.29 is 4.74 Å². The molecular formula is C15H21N3O. The summed E-state index contributed by atoms with van der Waals surface area (Å²) in [7, 11) is 1.70.